The maximum Gasteiger partial charge on any atom is 0.320 e. The van der Waals surface area contributed by atoms with E-state index in [-0.39, 0.29) is 119 Å². The molecule has 2 amide bonds. The van der Waals surface area contributed by atoms with Gasteiger partial charge in [0.2, 0.25) is 11.8 Å². The fourth-order valence-corrected chi connectivity index (χ4v) is 8.41. The van der Waals surface area contributed by atoms with Crippen molar-refractivity contribution in [1.82, 2.24) is 10.2 Å². The lowest BCUT2D eigenvalue weighted by molar-refractivity contribution is -0.144. The van der Waals surface area contributed by atoms with Gasteiger partial charge in [-0.05, 0) is 92.6 Å². The molecule has 0 aromatic heterocycles. The van der Waals surface area contributed by atoms with Crippen LogP contribution in [-0.2, 0) is 49.2 Å². The highest BCUT2D eigenvalue weighted by Crippen LogP contribution is 2.41. The van der Waals surface area contributed by atoms with E-state index in [0.717, 1.165) is 0 Å². The summed E-state index contributed by atoms with van der Waals surface area (Å²) >= 11 is 0. The number of aliphatic hydroxyl groups excluding tert-OH is 3. The van der Waals surface area contributed by atoms with E-state index in [2.05, 4.69) is 39.2 Å². The number of ether oxygens (including phenoxy) is 2. The van der Waals surface area contributed by atoms with E-state index < -0.39 is 86.9 Å². The Morgan fingerprint density at radius 2 is 1.35 bits per heavy atom. The minimum Gasteiger partial charge on any atom is -0.492 e. The number of rotatable bonds is 26. The van der Waals surface area contributed by atoms with Gasteiger partial charge < -0.3 is 82.2 Å². The molecule has 0 aliphatic carbocycles. The van der Waals surface area contributed by atoms with Crippen LogP contribution >= 0.6 is 0 Å². The Bertz CT molecular complexity index is 2370. The molecule has 7 atom stereocenters. The molecule has 0 spiro atoms. The van der Waals surface area contributed by atoms with E-state index in [0.29, 0.717) is 53.2 Å². The maximum absolute atomic E-state index is 14.2. The van der Waals surface area contributed by atoms with Gasteiger partial charge in [0.1, 0.15) is 42.6 Å². The van der Waals surface area contributed by atoms with E-state index in [9.17, 15) is 47.9 Å². The Balaban J connectivity index is -0.00000151. The third-order valence-corrected chi connectivity index (χ3v) is 17.9. The summed E-state index contributed by atoms with van der Waals surface area (Å²) in [5.41, 5.74) is 18.7. The number of alkyl halides is 1. The molecular formula is C57H95FN6O18Si. The monoisotopic (exact) mass is 1200 g/mol. The molecule has 0 radical (unpaired) electrons. The summed E-state index contributed by atoms with van der Waals surface area (Å²) in [5.74, 6) is -6.34. The first-order valence-corrected chi connectivity index (χ1v) is 29.9. The molecule has 2 aromatic carbocycles. The topological polar surface area (TPSA) is 434 Å². The number of carboxylic acids is 3. The van der Waals surface area contributed by atoms with E-state index in [4.69, 9.17) is 63.3 Å². The van der Waals surface area contributed by atoms with Crippen molar-refractivity contribution in [3.8, 4) is 28.7 Å². The van der Waals surface area contributed by atoms with Crippen molar-refractivity contribution in [2.45, 2.75) is 143 Å². The molecular weight excluding hydrogens is 1100 g/mol. The number of hydrogen-bond acceptors (Lipinski definition) is 18. The van der Waals surface area contributed by atoms with Gasteiger partial charge in [-0.25, -0.2) is 0 Å². The lowest BCUT2D eigenvalue weighted by Gasteiger charge is -2.36. The normalized spacial score (nSPS) is 16.3. The highest BCUT2D eigenvalue weighted by Gasteiger charge is 2.38. The van der Waals surface area contributed by atoms with Crippen LogP contribution in [0.3, 0.4) is 0 Å². The van der Waals surface area contributed by atoms with Crippen LogP contribution in [0.4, 0.5) is 4.39 Å². The number of benzene rings is 2. The van der Waals surface area contributed by atoms with Crippen molar-refractivity contribution in [1.29, 1.82) is 5.26 Å². The number of carboxylic acid groups (broad SMARTS) is 3. The van der Waals surface area contributed by atoms with Gasteiger partial charge in [0.25, 0.3) is 0 Å². The van der Waals surface area contributed by atoms with Crippen molar-refractivity contribution < 1.29 is 94.1 Å². The molecule has 0 saturated heterocycles. The molecule has 472 valence electrons. The van der Waals surface area contributed by atoms with Crippen LogP contribution in [0.1, 0.15) is 118 Å². The highest BCUT2D eigenvalue weighted by molar-refractivity contribution is 6.74. The van der Waals surface area contributed by atoms with Crippen LogP contribution in [0.2, 0.25) is 18.1 Å². The zero-order valence-electron chi connectivity index (χ0n) is 50.9. The lowest BCUT2D eigenvalue weighted by Crippen LogP contribution is -2.45. The number of amides is 2. The second-order valence-corrected chi connectivity index (χ2v) is 25.9. The SMILES string of the molecule is CC(=O)C[C@@H](CCO)C(=O)N(C)[C@@H]1C(=O)C[C@@H](C)C(=O)N[C@H](C(=O)CCC#N)Cc2ccc(OCCN)c(c2)-c2cc1ccc2OCCN.C[C@@H](CCO)C(=O)O.C[C@@H](CCO[Si](C)(C)C(C)(C)C)C(=O)O.N[C@@H](CCO)C(=O)O.O.[2H]CF. The fraction of sp³-hybridized carbons (Fsp3) is 0.632. The number of aliphatic carboxylic acids is 3. The number of halogens is 1. The number of nitriles is 1. The zero-order valence-corrected chi connectivity index (χ0v) is 50.9. The summed E-state index contributed by atoms with van der Waals surface area (Å²) in [4.78, 5) is 98.5. The molecule has 26 heteroatoms. The van der Waals surface area contributed by atoms with Crippen molar-refractivity contribution in [2.75, 3.05) is 66.9 Å². The van der Waals surface area contributed by atoms with Gasteiger partial charge in [-0.15, -0.1) is 0 Å². The number of Topliss-reactive ketones (excluding diaryl/α,β-unsaturated/α-hetero) is 3. The molecule has 0 unspecified atom stereocenters. The van der Waals surface area contributed by atoms with E-state index in [1.165, 1.54) is 18.9 Å². The predicted molar refractivity (Wildman–Crippen MR) is 312 cm³/mol. The maximum atomic E-state index is 14.2. The number of hydrogen-bond donors (Lipinski definition) is 10. The third-order valence-electron chi connectivity index (χ3n) is 13.4. The molecule has 1 aliphatic heterocycles. The van der Waals surface area contributed by atoms with Crippen molar-refractivity contribution in [2.24, 2.45) is 40.9 Å². The van der Waals surface area contributed by atoms with Crippen LogP contribution < -0.4 is 32.0 Å². The number of ketones is 3. The number of nitrogens with two attached hydrogens (primary N) is 3. The molecule has 1 heterocycles. The molecule has 15 N–H and O–H groups in total. The Morgan fingerprint density at radius 1 is 0.843 bits per heavy atom. The third kappa shape index (κ3) is 30.2. The number of carbonyl (C=O) groups is 8. The average molecular weight is 1200 g/mol. The zero-order chi connectivity index (χ0) is 64.2. The van der Waals surface area contributed by atoms with Gasteiger partial charge in [0.15, 0.2) is 19.9 Å². The molecule has 4 bridgehead atoms. The first-order valence-electron chi connectivity index (χ1n) is 27.7. The van der Waals surface area contributed by atoms with Crippen LogP contribution in [-0.4, -0.2) is 175 Å². The Morgan fingerprint density at radius 3 is 1.78 bits per heavy atom. The average Bonchev–Trinajstić information content (AvgIpc) is 3.57. The van der Waals surface area contributed by atoms with Crippen molar-refractivity contribution in [3.63, 3.8) is 0 Å². The lowest BCUT2D eigenvalue weighted by atomic mass is 9.88. The molecule has 1 aliphatic rings. The highest BCUT2D eigenvalue weighted by atomic mass is 28.4. The number of fused-ring (bicyclic) bond motifs is 5. The van der Waals surface area contributed by atoms with Crippen LogP contribution in [0.25, 0.3) is 11.1 Å². The van der Waals surface area contributed by atoms with Crippen molar-refractivity contribution >= 4 is 55.4 Å². The van der Waals surface area contributed by atoms with Gasteiger partial charge in [-0.1, -0.05) is 53.7 Å². The summed E-state index contributed by atoms with van der Waals surface area (Å²) in [5, 5.41) is 63.1. The quantitative estimate of drug-likeness (QED) is 0.0599. The first-order chi connectivity index (χ1) is 38.8. The largest absolute Gasteiger partial charge is 0.492 e. The second kappa shape index (κ2) is 42.5. The summed E-state index contributed by atoms with van der Waals surface area (Å²) in [6, 6.07) is 9.26. The molecule has 2 aromatic rings. The molecule has 24 nitrogen and oxygen atoms in total. The number of likely N-dealkylation sites (N-methyl/N-ethyl adjacent to an activating group) is 1. The van der Waals surface area contributed by atoms with Gasteiger partial charge >= 0.3 is 17.9 Å². The second-order valence-electron chi connectivity index (χ2n) is 21.1. The number of carbonyl (C=O) groups excluding carboxylic acids is 5. The van der Waals surface area contributed by atoms with Crippen LogP contribution in [0.5, 0.6) is 11.5 Å². The number of aliphatic hydroxyl groups is 3. The standard InChI is InChI=1S/C36H47N5O8.C11H24O3Si.C5H10O3.C4H9NO3.CH3F.H2O/c1-22-17-31(45)34(41(3)36(47)26(10-14-42)18-23(2)43)25-7-9-33(49-16-13-39)28(21-25)27-19-24(6-8-32(27)48-15-12-38)20-29(40-35(22)46)30(44)5-4-11-37;1-9(10(12)13)7-8-14-15(5,6)11(2,3)4;1-4(2-3-6)5(7)8;5-3(1-2-6)4(7)8;1-2;/h6-9,19,21-22,26,29,34,42H,4-5,10,12-18,20,38-39H2,1-3H3,(H,40,46);9H,7-8H2,1-6H3,(H,12,13);4,6H,2-3H2,1H3,(H,7,8);3,6H,1-2,5H2,(H,7,8);1H3;1H2/t22-,26-,29+,34+;9-;4-;3-;;/m1000../s1/i;;;;1D;. The first kappa shape index (κ1) is 78.8. The van der Waals surface area contributed by atoms with Crippen LogP contribution in [0, 0.1) is 35.0 Å². The van der Waals surface area contributed by atoms with E-state index in [1.807, 2.05) is 12.1 Å². The van der Waals surface area contributed by atoms with E-state index >= 15 is 0 Å². The molecule has 3 rings (SSSR count). The van der Waals surface area contributed by atoms with Gasteiger partial charge in [-0.3, -0.25) is 38.0 Å². The molecule has 0 fully saturated rings. The Labute approximate surface area is 490 Å². The smallest absolute Gasteiger partial charge is 0.320 e. The van der Waals surface area contributed by atoms with E-state index in [1.54, 1.807) is 51.1 Å². The predicted octanol–water partition coefficient (Wildman–Crippen LogP) is 3.77. The van der Waals surface area contributed by atoms with Gasteiger partial charge in [-0.2, -0.15) is 5.26 Å². The molecule has 83 heavy (non-hydrogen) atoms. The van der Waals surface area contributed by atoms with Crippen LogP contribution in [0.15, 0.2) is 36.4 Å². The van der Waals surface area contributed by atoms with Gasteiger partial charge in [0.05, 0.1) is 32.5 Å². The molecule has 0 saturated carbocycles. The van der Waals surface area contributed by atoms with Crippen molar-refractivity contribution in [3.05, 3.63) is 47.5 Å². The minimum absolute atomic E-state index is 0. The number of nitrogens with one attached hydrogen (secondary N) is 1. The summed E-state index contributed by atoms with van der Waals surface area (Å²) in [6.07, 6.45) is 0.721. The minimum atomic E-state index is -1.70. The van der Waals surface area contributed by atoms with Gasteiger partial charge in [0, 0.05) is 95.2 Å². The Kier molecular flexibility index (Phi) is 40.4. The number of nitrogens with zero attached hydrogens (tertiary/aromatic N) is 2. The summed E-state index contributed by atoms with van der Waals surface area (Å²) in [6.45, 7) is 17.9. The summed E-state index contributed by atoms with van der Waals surface area (Å²) in [7, 11) is -1.24. The summed E-state index contributed by atoms with van der Waals surface area (Å²) < 4.78 is 33.4. The fourth-order valence-electron chi connectivity index (χ4n) is 7.35. The Hall–Kier alpha value is -6.28.